The Labute approximate surface area is 109 Å². The van der Waals surface area contributed by atoms with Gasteiger partial charge in [0, 0.05) is 0 Å². The summed E-state index contributed by atoms with van der Waals surface area (Å²) in [5.41, 5.74) is 0.479. The molecule has 1 N–H and O–H groups in total. The molecular formula is C13H9NO4S. The summed E-state index contributed by atoms with van der Waals surface area (Å²) < 4.78 is 30.5. The van der Waals surface area contributed by atoms with Crippen molar-refractivity contribution in [3.05, 3.63) is 48.0 Å². The van der Waals surface area contributed by atoms with Crippen LogP contribution in [0, 0.1) is 0 Å². The van der Waals surface area contributed by atoms with Crippen molar-refractivity contribution in [2.45, 2.75) is 9.79 Å². The lowest BCUT2D eigenvalue weighted by atomic mass is 10.2. The maximum Gasteiger partial charge on any atom is 0.213 e. The Hall–Kier alpha value is -2.34. The lowest BCUT2D eigenvalue weighted by Crippen LogP contribution is -2.11. The number of hydrogen-bond acceptors (Lipinski definition) is 5. The maximum atomic E-state index is 12.5. The third kappa shape index (κ3) is 1.77. The molecule has 0 aromatic heterocycles. The van der Waals surface area contributed by atoms with Gasteiger partial charge in [0.2, 0.25) is 9.84 Å². The van der Waals surface area contributed by atoms with Gasteiger partial charge >= 0.3 is 0 Å². The molecule has 1 aliphatic heterocycles. The summed E-state index contributed by atoms with van der Waals surface area (Å²) in [4.78, 5) is 0.212. The summed E-state index contributed by atoms with van der Waals surface area (Å²) in [6.07, 6.45) is 1.16. The number of rotatable bonds is 1. The van der Waals surface area contributed by atoms with Crippen molar-refractivity contribution in [3.8, 4) is 11.5 Å². The van der Waals surface area contributed by atoms with Gasteiger partial charge in [-0.1, -0.05) is 17.3 Å². The molecule has 5 nitrogen and oxygen atoms in total. The SMILES string of the molecule is O=S1(=O)c2ccccc2Oc2ccc(C=NO)cc21. The maximum absolute atomic E-state index is 12.5. The molecule has 0 amide bonds. The molecule has 2 aromatic rings. The third-order valence-electron chi connectivity index (χ3n) is 2.82. The van der Waals surface area contributed by atoms with E-state index >= 15 is 0 Å². The average molecular weight is 275 g/mol. The van der Waals surface area contributed by atoms with Gasteiger partial charge in [0.1, 0.15) is 21.3 Å². The monoisotopic (exact) mass is 275 g/mol. The first-order valence-corrected chi connectivity index (χ1v) is 6.95. The van der Waals surface area contributed by atoms with E-state index in [0.717, 1.165) is 6.21 Å². The Morgan fingerprint density at radius 3 is 2.58 bits per heavy atom. The van der Waals surface area contributed by atoms with Crippen molar-refractivity contribution in [3.63, 3.8) is 0 Å². The van der Waals surface area contributed by atoms with E-state index in [0.29, 0.717) is 11.3 Å². The molecule has 96 valence electrons. The van der Waals surface area contributed by atoms with Crippen molar-refractivity contribution < 1.29 is 18.4 Å². The van der Waals surface area contributed by atoms with E-state index in [1.54, 1.807) is 30.3 Å². The Kier molecular flexibility index (Phi) is 2.53. The van der Waals surface area contributed by atoms with Crippen LogP contribution in [0.3, 0.4) is 0 Å². The Balaban J connectivity index is 2.26. The predicted molar refractivity (Wildman–Crippen MR) is 67.8 cm³/mol. The van der Waals surface area contributed by atoms with Crippen LogP contribution in [-0.4, -0.2) is 19.8 Å². The standard InChI is InChI=1S/C13H9NO4S/c15-14-8-9-5-6-11-13(7-9)19(16,17)12-4-2-1-3-10(12)18-11/h1-8,15H. The van der Waals surface area contributed by atoms with Crippen LogP contribution in [0.1, 0.15) is 5.56 Å². The highest BCUT2D eigenvalue weighted by atomic mass is 32.2. The molecule has 0 radical (unpaired) electrons. The molecule has 3 rings (SSSR count). The summed E-state index contributed by atoms with van der Waals surface area (Å²) in [5, 5.41) is 11.4. The van der Waals surface area contributed by atoms with Crippen LogP contribution < -0.4 is 4.74 Å². The highest BCUT2D eigenvalue weighted by Crippen LogP contribution is 2.42. The first kappa shape index (κ1) is 11.7. The van der Waals surface area contributed by atoms with Gasteiger partial charge in [0.05, 0.1) is 6.21 Å². The van der Waals surface area contributed by atoms with Crippen molar-refractivity contribution in [2.75, 3.05) is 0 Å². The second-order valence-electron chi connectivity index (χ2n) is 4.00. The molecule has 6 heteroatoms. The molecule has 0 fully saturated rings. The van der Waals surface area contributed by atoms with Gasteiger partial charge in [-0.3, -0.25) is 0 Å². The normalized spacial score (nSPS) is 15.6. The number of sulfone groups is 1. The summed E-state index contributed by atoms with van der Waals surface area (Å²) >= 11 is 0. The molecule has 2 aromatic carbocycles. The first-order chi connectivity index (χ1) is 9.13. The van der Waals surface area contributed by atoms with Gasteiger partial charge in [-0.15, -0.1) is 0 Å². The molecule has 19 heavy (non-hydrogen) atoms. The molecule has 0 bridgehead atoms. The van der Waals surface area contributed by atoms with Crippen LogP contribution in [0.25, 0.3) is 0 Å². The fraction of sp³-hybridized carbons (Fsp3) is 0. The van der Waals surface area contributed by atoms with Crippen molar-refractivity contribution >= 4 is 16.1 Å². The van der Waals surface area contributed by atoms with Gasteiger partial charge in [0.15, 0.2) is 0 Å². The van der Waals surface area contributed by atoms with E-state index in [4.69, 9.17) is 9.94 Å². The lowest BCUT2D eigenvalue weighted by Gasteiger charge is -2.20. The second-order valence-corrected chi connectivity index (χ2v) is 5.89. The zero-order chi connectivity index (χ0) is 13.5. The first-order valence-electron chi connectivity index (χ1n) is 5.46. The second kappa shape index (κ2) is 4.10. The van der Waals surface area contributed by atoms with E-state index in [1.807, 2.05) is 0 Å². The molecule has 0 spiro atoms. The minimum atomic E-state index is -3.61. The van der Waals surface area contributed by atoms with Crippen molar-refractivity contribution in [1.82, 2.24) is 0 Å². The Morgan fingerprint density at radius 2 is 1.79 bits per heavy atom. The molecule has 0 atom stereocenters. The molecule has 1 heterocycles. The van der Waals surface area contributed by atoms with Crippen molar-refractivity contribution in [1.29, 1.82) is 0 Å². The van der Waals surface area contributed by atoms with Crippen LogP contribution >= 0.6 is 0 Å². The van der Waals surface area contributed by atoms with Crippen LogP contribution in [-0.2, 0) is 9.84 Å². The zero-order valence-corrected chi connectivity index (χ0v) is 10.5. The van der Waals surface area contributed by atoms with Crippen molar-refractivity contribution in [2.24, 2.45) is 5.16 Å². The summed E-state index contributed by atoms with van der Waals surface area (Å²) in [7, 11) is -3.61. The topological polar surface area (TPSA) is 76.0 Å². The minimum absolute atomic E-state index is 0.0728. The molecule has 1 aliphatic rings. The number of hydrogen-bond donors (Lipinski definition) is 1. The van der Waals surface area contributed by atoms with Gasteiger partial charge in [-0.25, -0.2) is 8.42 Å². The predicted octanol–water partition coefficient (Wildman–Crippen LogP) is 2.43. The van der Waals surface area contributed by atoms with E-state index < -0.39 is 9.84 Å². The number of benzene rings is 2. The molecule has 0 saturated carbocycles. The lowest BCUT2D eigenvalue weighted by molar-refractivity contribution is 0.322. The number of ether oxygens (including phenoxy) is 1. The van der Waals surface area contributed by atoms with E-state index in [-0.39, 0.29) is 15.5 Å². The summed E-state index contributed by atoms with van der Waals surface area (Å²) in [5.74, 6) is 0.590. The molecule has 0 unspecified atom stereocenters. The van der Waals surface area contributed by atoms with Gasteiger partial charge in [0.25, 0.3) is 0 Å². The van der Waals surface area contributed by atoms with Crippen LogP contribution in [0.5, 0.6) is 11.5 Å². The fourth-order valence-corrected chi connectivity index (χ4v) is 3.49. The number of oxime groups is 1. The van der Waals surface area contributed by atoms with Crippen LogP contribution in [0.4, 0.5) is 0 Å². The summed E-state index contributed by atoms with van der Waals surface area (Å²) in [6, 6.07) is 11.0. The number of fused-ring (bicyclic) bond motifs is 2. The van der Waals surface area contributed by atoms with E-state index in [2.05, 4.69) is 5.16 Å². The molecule has 0 aliphatic carbocycles. The van der Waals surface area contributed by atoms with Gasteiger partial charge < -0.3 is 9.94 Å². The fourth-order valence-electron chi connectivity index (χ4n) is 1.96. The van der Waals surface area contributed by atoms with Crippen LogP contribution in [0.2, 0.25) is 0 Å². The van der Waals surface area contributed by atoms with Crippen LogP contribution in [0.15, 0.2) is 57.4 Å². The number of para-hydroxylation sites is 1. The molecular weight excluding hydrogens is 266 g/mol. The van der Waals surface area contributed by atoms with Gasteiger partial charge in [-0.05, 0) is 35.9 Å². The smallest absolute Gasteiger partial charge is 0.213 e. The Morgan fingerprint density at radius 1 is 1.05 bits per heavy atom. The van der Waals surface area contributed by atoms with E-state index in [9.17, 15) is 8.42 Å². The summed E-state index contributed by atoms with van der Waals surface area (Å²) in [6.45, 7) is 0. The average Bonchev–Trinajstić information content (AvgIpc) is 2.40. The minimum Gasteiger partial charge on any atom is -0.455 e. The van der Waals surface area contributed by atoms with E-state index in [1.165, 1.54) is 12.1 Å². The highest BCUT2D eigenvalue weighted by Gasteiger charge is 2.31. The quantitative estimate of drug-likeness (QED) is 0.420. The van der Waals surface area contributed by atoms with Gasteiger partial charge in [-0.2, -0.15) is 0 Å². The Bertz CT molecular complexity index is 781. The molecule has 0 saturated heterocycles. The highest BCUT2D eigenvalue weighted by molar-refractivity contribution is 7.91. The number of nitrogens with zero attached hydrogens (tertiary/aromatic N) is 1. The third-order valence-corrected chi connectivity index (χ3v) is 4.64. The largest absolute Gasteiger partial charge is 0.455 e. The zero-order valence-electron chi connectivity index (χ0n) is 9.65.